The summed E-state index contributed by atoms with van der Waals surface area (Å²) in [7, 11) is 0. The lowest BCUT2D eigenvalue weighted by Crippen LogP contribution is -2.53. The van der Waals surface area contributed by atoms with Crippen molar-refractivity contribution in [3.8, 4) is 11.5 Å². The second-order valence-electron chi connectivity index (χ2n) is 12.1. The number of primary amides is 1. The Morgan fingerprint density at radius 2 is 1.72 bits per heavy atom. The van der Waals surface area contributed by atoms with Gasteiger partial charge in [-0.25, -0.2) is 9.69 Å². The third-order valence-corrected chi connectivity index (χ3v) is 10.3. The molecule has 0 radical (unpaired) electrons. The number of urea groups is 1. The number of nitrogens with two attached hydrogens (primary N) is 1. The molecule has 7 rings (SSSR count). The van der Waals surface area contributed by atoms with Crippen molar-refractivity contribution >= 4 is 46.9 Å². The van der Waals surface area contributed by atoms with Gasteiger partial charge < -0.3 is 15.6 Å². The van der Waals surface area contributed by atoms with Crippen LogP contribution in [-0.4, -0.2) is 46.3 Å². The number of para-hydroxylation sites is 1. The number of ether oxygens (including phenoxy) is 1. The van der Waals surface area contributed by atoms with Gasteiger partial charge in [-0.1, -0.05) is 71.8 Å². The van der Waals surface area contributed by atoms with E-state index in [-0.39, 0.29) is 30.9 Å². The van der Waals surface area contributed by atoms with Gasteiger partial charge in [-0.15, -0.1) is 0 Å². The van der Waals surface area contributed by atoms with E-state index in [9.17, 15) is 24.3 Å². The second kappa shape index (κ2) is 10.8. The van der Waals surface area contributed by atoms with Gasteiger partial charge in [0.1, 0.15) is 0 Å². The Labute approximate surface area is 269 Å². The Balaban J connectivity index is 1.52. The summed E-state index contributed by atoms with van der Waals surface area (Å²) < 4.78 is 5.74. The molecule has 3 N–H and O–H groups in total. The minimum absolute atomic E-state index is 0.0393. The fraction of sp³-hybridized carbons (Fsp3) is 0.286. The van der Waals surface area contributed by atoms with Crippen molar-refractivity contribution in [2.24, 2.45) is 29.4 Å². The van der Waals surface area contributed by atoms with Crippen molar-refractivity contribution in [1.29, 1.82) is 0 Å². The topological polar surface area (TPSA) is 147 Å². The maximum absolute atomic E-state index is 15.2. The van der Waals surface area contributed by atoms with Crippen LogP contribution >= 0.6 is 11.6 Å². The number of carbonyl (C=O) groups is 5. The van der Waals surface area contributed by atoms with Crippen LogP contribution in [0.5, 0.6) is 11.5 Å². The lowest BCUT2D eigenvalue weighted by Gasteiger charge is -2.50. The van der Waals surface area contributed by atoms with Gasteiger partial charge in [-0.3, -0.25) is 19.2 Å². The normalized spacial score (nSPS) is 28.5. The molecule has 2 saturated heterocycles. The largest absolute Gasteiger partial charge is 0.504 e. The summed E-state index contributed by atoms with van der Waals surface area (Å²) in [5, 5.41) is 12.1. The molecule has 2 aliphatic heterocycles. The maximum atomic E-state index is 15.2. The Kier molecular flexibility index (Phi) is 7.01. The number of fused-ring (bicyclic) bond motifs is 4. The highest BCUT2D eigenvalue weighted by molar-refractivity contribution is 6.32. The molecule has 2 aliphatic carbocycles. The van der Waals surface area contributed by atoms with E-state index < -0.39 is 64.7 Å². The Morgan fingerprint density at radius 1 is 0.978 bits per heavy atom. The number of nitrogens with zero attached hydrogens (tertiary/aromatic N) is 2. The molecule has 1 saturated carbocycles. The van der Waals surface area contributed by atoms with E-state index in [4.69, 9.17) is 22.1 Å². The summed E-state index contributed by atoms with van der Waals surface area (Å²) in [6.07, 6.45) is 1.99. The van der Waals surface area contributed by atoms with Gasteiger partial charge in [0, 0.05) is 16.5 Å². The number of allylic oxidation sites excluding steroid dienone is 2. The molecule has 0 aromatic heterocycles. The number of benzene rings is 3. The van der Waals surface area contributed by atoms with E-state index in [0.717, 1.165) is 4.90 Å². The SMILES string of the molecule is CCOc1cccc(C2C3=CCC4C(=O)N(C(N)=O)C(=O)C4C3CC3C(=O)N(c4cccc(Cl)c4)C(=O)C32c2ccccc2)c1O. The summed E-state index contributed by atoms with van der Waals surface area (Å²) in [4.78, 5) is 70.7. The number of amides is 6. The molecule has 3 aromatic carbocycles. The first-order valence-electron chi connectivity index (χ1n) is 15.1. The van der Waals surface area contributed by atoms with Crippen molar-refractivity contribution < 1.29 is 33.8 Å². The van der Waals surface area contributed by atoms with Gasteiger partial charge in [-0.2, -0.15) is 4.90 Å². The molecule has 10 nitrogen and oxygen atoms in total. The third-order valence-electron chi connectivity index (χ3n) is 10.0. The van der Waals surface area contributed by atoms with Crippen molar-refractivity contribution in [3.63, 3.8) is 0 Å². The highest BCUT2D eigenvalue weighted by Gasteiger charge is 2.70. The van der Waals surface area contributed by atoms with Crippen LogP contribution in [0.25, 0.3) is 0 Å². The molecule has 6 unspecified atom stereocenters. The van der Waals surface area contributed by atoms with Gasteiger partial charge in [0.05, 0.1) is 35.5 Å². The summed E-state index contributed by atoms with van der Waals surface area (Å²) in [6, 6.07) is 19.3. The molecular weight excluding hydrogens is 610 g/mol. The number of likely N-dealkylation sites (tertiary alicyclic amines) is 1. The maximum Gasteiger partial charge on any atom is 0.328 e. The molecule has 4 aliphatic rings. The standard InChI is InChI=1S/C35H30ClN3O7/c1-2-46-26-13-7-12-23(29(26)40)28-21-14-15-22-27(32(43)39(30(22)41)34(37)45)24(21)17-25-31(42)38(20-11-6-10-19(36)16-20)33(44)35(25,28)18-8-4-3-5-9-18/h3-14,16,22,24-25,27-28,40H,2,15,17H2,1H3,(H2,37,45). The number of rotatable bonds is 5. The van der Waals surface area contributed by atoms with Crippen LogP contribution in [0.2, 0.25) is 5.02 Å². The highest BCUT2D eigenvalue weighted by Crippen LogP contribution is 2.65. The van der Waals surface area contributed by atoms with E-state index in [1.54, 1.807) is 73.7 Å². The van der Waals surface area contributed by atoms with E-state index in [2.05, 4.69) is 0 Å². The van der Waals surface area contributed by atoms with E-state index in [1.165, 1.54) is 0 Å². The second-order valence-corrected chi connectivity index (χ2v) is 12.5. The van der Waals surface area contributed by atoms with Crippen molar-refractivity contribution in [1.82, 2.24) is 4.90 Å². The minimum atomic E-state index is -1.56. The number of phenols is 1. The first-order valence-corrected chi connectivity index (χ1v) is 15.5. The highest BCUT2D eigenvalue weighted by atomic mass is 35.5. The molecule has 0 bridgehead atoms. The molecule has 46 heavy (non-hydrogen) atoms. The third kappa shape index (κ3) is 3.99. The number of phenolic OH excluding ortho intramolecular Hbond substituents is 1. The van der Waals surface area contributed by atoms with Crippen molar-refractivity contribution in [3.05, 3.63) is 101 Å². The van der Waals surface area contributed by atoms with Gasteiger partial charge in [0.15, 0.2) is 11.5 Å². The first kappa shape index (κ1) is 29.7. The quantitative estimate of drug-likeness (QED) is 0.304. The molecule has 3 fully saturated rings. The summed E-state index contributed by atoms with van der Waals surface area (Å²) >= 11 is 6.33. The number of anilines is 1. The summed E-state index contributed by atoms with van der Waals surface area (Å²) in [5.41, 5.74) is 5.73. The van der Waals surface area contributed by atoms with Crippen LogP contribution in [0, 0.1) is 23.7 Å². The number of carbonyl (C=O) groups excluding carboxylic acids is 5. The number of hydrogen-bond donors (Lipinski definition) is 2. The fourth-order valence-corrected chi connectivity index (χ4v) is 8.53. The number of aromatic hydroxyl groups is 1. The van der Waals surface area contributed by atoms with Gasteiger partial charge in [0.25, 0.3) is 0 Å². The predicted molar refractivity (Wildman–Crippen MR) is 167 cm³/mol. The van der Waals surface area contributed by atoms with Crippen LogP contribution in [-0.2, 0) is 24.6 Å². The van der Waals surface area contributed by atoms with Crippen molar-refractivity contribution in [2.45, 2.75) is 31.1 Å². The molecule has 0 spiro atoms. The smallest absolute Gasteiger partial charge is 0.328 e. The van der Waals surface area contributed by atoms with Crippen LogP contribution in [0.3, 0.4) is 0 Å². The first-order chi connectivity index (χ1) is 22.1. The van der Waals surface area contributed by atoms with Crippen molar-refractivity contribution in [2.75, 3.05) is 11.5 Å². The zero-order valence-electron chi connectivity index (χ0n) is 24.8. The van der Waals surface area contributed by atoms with Crippen LogP contribution in [0.1, 0.15) is 36.8 Å². The zero-order valence-corrected chi connectivity index (χ0v) is 25.5. The molecule has 11 heteroatoms. The summed E-state index contributed by atoms with van der Waals surface area (Å²) in [6.45, 7) is 2.05. The Bertz CT molecular complexity index is 1860. The van der Waals surface area contributed by atoms with Gasteiger partial charge in [-0.05, 0) is 55.5 Å². The fourth-order valence-electron chi connectivity index (χ4n) is 8.35. The predicted octanol–water partition coefficient (Wildman–Crippen LogP) is 4.69. The van der Waals surface area contributed by atoms with E-state index >= 15 is 4.79 Å². The monoisotopic (exact) mass is 639 g/mol. The zero-order chi connectivity index (χ0) is 32.5. The number of hydrogen-bond acceptors (Lipinski definition) is 7. The number of imide groups is 4. The molecule has 3 aromatic rings. The molecule has 234 valence electrons. The average Bonchev–Trinajstić information content (AvgIpc) is 3.43. The molecule has 2 heterocycles. The minimum Gasteiger partial charge on any atom is -0.504 e. The number of halogens is 1. The Hall–Kier alpha value is -4.96. The lowest BCUT2D eigenvalue weighted by atomic mass is 9.49. The lowest BCUT2D eigenvalue weighted by molar-refractivity contribution is -0.136. The van der Waals surface area contributed by atoms with Crippen LogP contribution < -0.4 is 15.4 Å². The van der Waals surface area contributed by atoms with Gasteiger partial charge in [0.2, 0.25) is 23.6 Å². The average molecular weight is 640 g/mol. The van der Waals surface area contributed by atoms with Gasteiger partial charge >= 0.3 is 6.03 Å². The summed E-state index contributed by atoms with van der Waals surface area (Å²) in [5.74, 6) is -6.90. The molecule has 6 amide bonds. The molecule has 6 atom stereocenters. The molecular formula is C35H30ClN3O7. The van der Waals surface area contributed by atoms with Crippen LogP contribution in [0.15, 0.2) is 84.4 Å². The van der Waals surface area contributed by atoms with E-state index in [1.807, 2.05) is 12.1 Å². The van der Waals surface area contributed by atoms with Crippen LogP contribution in [0.4, 0.5) is 10.5 Å². The Morgan fingerprint density at radius 3 is 2.41 bits per heavy atom. The van der Waals surface area contributed by atoms with E-state index in [0.29, 0.717) is 32.3 Å².